The van der Waals surface area contributed by atoms with E-state index < -0.39 is 10.9 Å². The van der Waals surface area contributed by atoms with Gasteiger partial charge < -0.3 is 5.32 Å². The summed E-state index contributed by atoms with van der Waals surface area (Å²) in [6, 6.07) is 25.1. The molecule has 0 aliphatic carbocycles. The third-order valence-electron chi connectivity index (χ3n) is 4.19. The van der Waals surface area contributed by atoms with Crippen LogP contribution < -0.4 is 5.32 Å². The zero-order valence-corrected chi connectivity index (χ0v) is 15.2. The summed E-state index contributed by atoms with van der Waals surface area (Å²) >= 11 is 0. The van der Waals surface area contributed by atoms with Gasteiger partial charge in [-0.25, -0.2) is 9.38 Å². The largest absolute Gasteiger partial charge is 0.335 e. The molecule has 0 saturated carbocycles. The van der Waals surface area contributed by atoms with Gasteiger partial charge in [-0.05, 0) is 59.2 Å². The monoisotopic (exact) mass is 362 g/mol. The van der Waals surface area contributed by atoms with Gasteiger partial charge in [-0.3, -0.25) is 0 Å². The standard InChI is InChI=1S/C22H19FN2S/c1-16-7-13-20(14-8-16)26-15-21(17-5-3-2-4-6-17)25-22(26)24-19-11-9-18(23)10-12-19/h2-15,26H,1H3,(H,24,25). The number of rotatable bonds is 3. The number of amidine groups is 1. The molecule has 3 aromatic carbocycles. The van der Waals surface area contributed by atoms with Crippen LogP contribution in [-0.2, 0) is 0 Å². The predicted molar refractivity (Wildman–Crippen MR) is 109 cm³/mol. The van der Waals surface area contributed by atoms with Gasteiger partial charge in [0.2, 0.25) is 0 Å². The molecule has 130 valence electrons. The van der Waals surface area contributed by atoms with Crippen LogP contribution in [0.3, 0.4) is 0 Å². The fourth-order valence-corrected chi connectivity index (χ4v) is 4.71. The maximum atomic E-state index is 13.2. The first kappa shape index (κ1) is 16.6. The SMILES string of the molecule is Cc1ccc([SH]2C=C(c3ccccc3)NC2=Nc2ccc(F)cc2)cc1. The number of hydrogen-bond donors (Lipinski definition) is 2. The van der Waals surface area contributed by atoms with Crippen LogP contribution in [0.4, 0.5) is 10.1 Å². The molecule has 1 N–H and O–H groups in total. The number of nitrogens with one attached hydrogen (secondary N) is 1. The molecule has 0 fully saturated rings. The van der Waals surface area contributed by atoms with E-state index >= 15 is 0 Å². The fourth-order valence-electron chi connectivity index (χ4n) is 2.79. The second kappa shape index (κ2) is 7.18. The van der Waals surface area contributed by atoms with Crippen LogP contribution in [-0.4, -0.2) is 5.17 Å². The Morgan fingerprint density at radius 3 is 2.23 bits per heavy atom. The van der Waals surface area contributed by atoms with Crippen LogP contribution in [0, 0.1) is 12.7 Å². The van der Waals surface area contributed by atoms with E-state index in [9.17, 15) is 4.39 Å². The minimum Gasteiger partial charge on any atom is -0.335 e. The maximum absolute atomic E-state index is 13.2. The molecular weight excluding hydrogens is 343 g/mol. The highest BCUT2D eigenvalue weighted by atomic mass is 32.2. The average Bonchev–Trinajstić information content (AvgIpc) is 3.09. The smallest absolute Gasteiger partial charge is 0.153 e. The summed E-state index contributed by atoms with van der Waals surface area (Å²) in [5.41, 5.74) is 4.19. The molecule has 1 unspecified atom stereocenters. The predicted octanol–water partition coefficient (Wildman–Crippen LogP) is 5.78. The van der Waals surface area contributed by atoms with Crippen molar-refractivity contribution in [2.24, 2.45) is 4.99 Å². The van der Waals surface area contributed by atoms with Crippen molar-refractivity contribution in [2.75, 3.05) is 0 Å². The Balaban J connectivity index is 1.74. The number of benzene rings is 3. The first-order valence-electron chi connectivity index (χ1n) is 8.43. The Labute approximate surface area is 155 Å². The molecule has 0 saturated heterocycles. The van der Waals surface area contributed by atoms with Crippen LogP contribution in [0.1, 0.15) is 11.1 Å². The van der Waals surface area contributed by atoms with E-state index in [1.165, 1.54) is 22.6 Å². The van der Waals surface area contributed by atoms with Crippen LogP contribution in [0.2, 0.25) is 0 Å². The minimum atomic E-state index is -0.727. The van der Waals surface area contributed by atoms with E-state index in [1.54, 1.807) is 12.1 Å². The quantitative estimate of drug-likeness (QED) is 0.567. The minimum absolute atomic E-state index is 0.253. The lowest BCUT2D eigenvalue weighted by molar-refractivity contribution is 0.628. The molecule has 1 heterocycles. The molecule has 0 aromatic heterocycles. The van der Waals surface area contributed by atoms with Gasteiger partial charge in [0, 0.05) is 0 Å². The summed E-state index contributed by atoms with van der Waals surface area (Å²) in [4.78, 5) is 6.01. The lowest BCUT2D eigenvalue weighted by Gasteiger charge is -2.15. The molecule has 0 bridgehead atoms. The lowest BCUT2D eigenvalue weighted by Crippen LogP contribution is -2.15. The van der Waals surface area contributed by atoms with E-state index in [2.05, 4.69) is 54.0 Å². The van der Waals surface area contributed by atoms with Crippen molar-refractivity contribution in [1.29, 1.82) is 0 Å². The zero-order valence-electron chi connectivity index (χ0n) is 14.4. The van der Waals surface area contributed by atoms with Crippen molar-refractivity contribution in [3.63, 3.8) is 0 Å². The molecule has 4 heteroatoms. The van der Waals surface area contributed by atoms with Gasteiger partial charge >= 0.3 is 0 Å². The van der Waals surface area contributed by atoms with Crippen LogP contribution in [0.15, 0.2) is 94.2 Å². The summed E-state index contributed by atoms with van der Waals surface area (Å²) in [5.74, 6) is -0.253. The van der Waals surface area contributed by atoms with Gasteiger partial charge in [0.05, 0.1) is 11.4 Å². The lowest BCUT2D eigenvalue weighted by atomic mass is 10.2. The molecule has 0 radical (unpaired) electrons. The number of thiol groups is 1. The normalized spacial score (nSPS) is 19.2. The molecule has 1 atom stereocenters. The molecular formula is C22H19FN2S. The molecule has 4 rings (SSSR count). The zero-order chi connectivity index (χ0) is 17.9. The van der Waals surface area contributed by atoms with Gasteiger partial charge in [-0.15, -0.1) is 10.9 Å². The first-order chi connectivity index (χ1) is 12.7. The Kier molecular flexibility index (Phi) is 4.59. The highest BCUT2D eigenvalue weighted by molar-refractivity contribution is 8.32. The second-order valence-electron chi connectivity index (χ2n) is 6.15. The van der Waals surface area contributed by atoms with Gasteiger partial charge in [-0.2, -0.15) is 0 Å². The topological polar surface area (TPSA) is 24.4 Å². The Morgan fingerprint density at radius 2 is 1.54 bits per heavy atom. The van der Waals surface area contributed by atoms with Crippen molar-refractivity contribution in [3.8, 4) is 0 Å². The van der Waals surface area contributed by atoms with E-state index in [-0.39, 0.29) is 5.82 Å². The van der Waals surface area contributed by atoms with E-state index in [0.717, 1.165) is 22.1 Å². The molecule has 26 heavy (non-hydrogen) atoms. The number of aliphatic imine (C=N–C) groups is 1. The third-order valence-corrected chi connectivity index (χ3v) is 6.23. The summed E-state index contributed by atoms with van der Waals surface area (Å²) in [5, 5.41) is 6.65. The van der Waals surface area contributed by atoms with Crippen molar-refractivity contribution in [1.82, 2.24) is 5.32 Å². The number of hydrogen-bond acceptors (Lipinski definition) is 1. The maximum Gasteiger partial charge on any atom is 0.153 e. The number of halogens is 1. The number of nitrogens with zero attached hydrogens (tertiary/aromatic N) is 1. The van der Waals surface area contributed by atoms with Crippen LogP contribution in [0.25, 0.3) is 5.70 Å². The van der Waals surface area contributed by atoms with Gasteiger partial charge in [0.25, 0.3) is 0 Å². The number of aryl methyl sites for hydroxylation is 1. The van der Waals surface area contributed by atoms with Crippen molar-refractivity contribution in [2.45, 2.75) is 11.8 Å². The molecule has 0 spiro atoms. The van der Waals surface area contributed by atoms with E-state index in [4.69, 9.17) is 4.99 Å². The van der Waals surface area contributed by atoms with Crippen molar-refractivity contribution >= 4 is 27.4 Å². The van der Waals surface area contributed by atoms with Gasteiger partial charge in [-0.1, -0.05) is 48.0 Å². The van der Waals surface area contributed by atoms with Crippen LogP contribution >= 0.6 is 10.9 Å². The van der Waals surface area contributed by atoms with E-state index in [0.29, 0.717) is 0 Å². The molecule has 1 aliphatic heterocycles. The Bertz CT molecular complexity index is 961. The summed E-state index contributed by atoms with van der Waals surface area (Å²) in [6.45, 7) is 2.09. The Hall–Kier alpha value is -2.85. The van der Waals surface area contributed by atoms with Crippen LogP contribution in [0.5, 0.6) is 0 Å². The third kappa shape index (κ3) is 3.55. The average molecular weight is 362 g/mol. The molecule has 1 aliphatic rings. The molecule has 2 nitrogen and oxygen atoms in total. The van der Waals surface area contributed by atoms with E-state index in [1.807, 2.05) is 18.2 Å². The van der Waals surface area contributed by atoms with Crippen molar-refractivity contribution < 1.29 is 4.39 Å². The molecule has 0 amide bonds. The highest BCUT2D eigenvalue weighted by Gasteiger charge is 2.22. The van der Waals surface area contributed by atoms with Gasteiger partial charge in [0.15, 0.2) is 5.17 Å². The second-order valence-corrected chi connectivity index (χ2v) is 8.09. The summed E-state index contributed by atoms with van der Waals surface area (Å²) in [7, 11) is -0.727. The van der Waals surface area contributed by atoms with Gasteiger partial charge in [0.1, 0.15) is 5.82 Å². The summed E-state index contributed by atoms with van der Waals surface area (Å²) in [6.07, 6.45) is 0. The first-order valence-corrected chi connectivity index (χ1v) is 9.84. The molecule has 3 aromatic rings. The van der Waals surface area contributed by atoms with Crippen molar-refractivity contribution in [3.05, 3.63) is 101 Å². The highest BCUT2D eigenvalue weighted by Crippen LogP contribution is 2.45. The Morgan fingerprint density at radius 1 is 0.846 bits per heavy atom. The summed E-state index contributed by atoms with van der Waals surface area (Å²) < 4.78 is 13.2. The fraction of sp³-hybridized carbons (Fsp3) is 0.0455.